The first-order valence-electron chi connectivity index (χ1n) is 16.0. The molecule has 1 atom stereocenters. The number of phosphoric ester groups is 1. The van der Waals surface area contributed by atoms with Crippen LogP contribution < -0.4 is 5.32 Å². The average molecular weight is 610 g/mol. The third-order valence-corrected chi connectivity index (χ3v) is 7.26. The number of phosphoric acid groups is 1. The topological polar surface area (TPSA) is 141 Å². The first-order valence-corrected chi connectivity index (χ1v) is 17.6. The van der Waals surface area contributed by atoms with Gasteiger partial charge in [0.15, 0.2) is 0 Å². The Morgan fingerprint density at radius 1 is 0.707 bits per heavy atom. The number of carbonyl (C=O) groups excluding carboxylic acids is 2. The number of carbonyl (C=O) groups is 2. The molecular weight excluding hydrogens is 549 g/mol. The Morgan fingerprint density at radius 2 is 1.22 bits per heavy atom. The van der Waals surface area contributed by atoms with Crippen LogP contribution in [0.2, 0.25) is 0 Å². The Morgan fingerprint density at radius 3 is 1.76 bits per heavy atom. The Bertz CT molecular complexity index is 660. The molecule has 0 aliphatic rings. The molecule has 3 N–H and O–H groups in total. The van der Waals surface area contributed by atoms with Gasteiger partial charge >= 0.3 is 13.8 Å². The SMILES string of the molecule is CCCCCCCCCCCC(=O)O[C@H](COCOCCCCCCCCCCCCNC(C)=O)COP(=O)(O)O. The number of hydrogen-bond donors (Lipinski definition) is 3. The molecule has 10 nitrogen and oxygen atoms in total. The summed E-state index contributed by atoms with van der Waals surface area (Å²) in [5, 5.41) is 2.82. The fourth-order valence-corrected chi connectivity index (χ4v) is 4.79. The molecule has 41 heavy (non-hydrogen) atoms. The lowest BCUT2D eigenvalue weighted by atomic mass is 10.1. The van der Waals surface area contributed by atoms with Crippen LogP contribution in [0, 0.1) is 0 Å². The molecule has 0 saturated carbocycles. The third-order valence-electron chi connectivity index (χ3n) is 6.77. The minimum atomic E-state index is -4.68. The summed E-state index contributed by atoms with van der Waals surface area (Å²) in [4.78, 5) is 41.0. The van der Waals surface area contributed by atoms with Gasteiger partial charge < -0.3 is 29.3 Å². The van der Waals surface area contributed by atoms with Gasteiger partial charge in [0.1, 0.15) is 12.9 Å². The van der Waals surface area contributed by atoms with Gasteiger partial charge in [-0.15, -0.1) is 0 Å². The summed E-state index contributed by atoms with van der Waals surface area (Å²) in [5.41, 5.74) is 0. The van der Waals surface area contributed by atoms with Crippen molar-refractivity contribution < 1.29 is 42.7 Å². The van der Waals surface area contributed by atoms with Gasteiger partial charge in [-0.05, 0) is 19.3 Å². The van der Waals surface area contributed by atoms with E-state index in [4.69, 9.17) is 24.0 Å². The van der Waals surface area contributed by atoms with Crippen LogP contribution in [0.15, 0.2) is 0 Å². The van der Waals surface area contributed by atoms with Crippen LogP contribution in [0.5, 0.6) is 0 Å². The van der Waals surface area contributed by atoms with Gasteiger partial charge in [-0.25, -0.2) is 4.57 Å². The molecule has 0 aromatic rings. The van der Waals surface area contributed by atoms with Crippen molar-refractivity contribution in [2.24, 2.45) is 0 Å². The first-order chi connectivity index (χ1) is 19.7. The summed E-state index contributed by atoms with van der Waals surface area (Å²) < 4.78 is 31.9. The van der Waals surface area contributed by atoms with Crippen LogP contribution >= 0.6 is 7.82 Å². The molecule has 244 valence electrons. The molecule has 0 spiro atoms. The highest BCUT2D eigenvalue weighted by atomic mass is 31.2. The second kappa shape index (κ2) is 29.1. The standard InChI is InChI=1S/C30H60NO9P/c1-3-4-5-6-7-10-13-16-19-22-30(33)40-29(26-39-41(34,35)36)25-38-27-37-24-21-18-15-12-9-8-11-14-17-20-23-31-28(2)32/h29H,3-27H2,1-2H3,(H,31,32)(H2,34,35,36)/t29-/m1/s1. The number of hydrogen-bond acceptors (Lipinski definition) is 7. The lowest BCUT2D eigenvalue weighted by Gasteiger charge is -2.18. The molecule has 0 bridgehead atoms. The maximum absolute atomic E-state index is 12.2. The van der Waals surface area contributed by atoms with Crippen molar-refractivity contribution in [1.82, 2.24) is 5.32 Å². The van der Waals surface area contributed by atoms with Gasteiger partial charge in [-0.1, -0.05) is 110 Å². The van der Waals surface area contributed by atoms with E-state index in [0.717, 1.165) is 45.1 Å². The number of rotatable bonds is 31. The number of esters is 1. The van der Waals surface area contributed by atoms with Crippen LogP contribution in [0.3, 0.4) is 0 Å². The molecule has 0 rings (SSSR count). The van der Waals surface area contributed by atoms with E-state index < -0.39 is 26.5 Å². The second-order valence-corrected chi connectivity index (χ2v) is 12.1. The summed E-state index contributed by atoms with van der Waals surface area (Å²) in [5.74, 6) is -0.376. The number of unbranched alkanes of at least 4 members (excludes halogenated alkanes) is 17. The summed E-state index contributed by atoms with van der Waals surface area (Å²) >= 11 is 0. The smallest absolute Gasteiger partial charge is 0.457 e. The zero-order valence-corrected chi connectivity index (χ0v) is 26.8. The molecule has 1 amide bonds. The third kappa shape index (κ3) is 33.3. The molecule has 0 unspecified atom stereocenters. The fourth-order valence-electron chi connectivity index (χ4n) is 4.43. The Hall–Kier alpha value is -1.03. The lowest BCUT2D eigenvalue weighted by Crippen LogP contribution is -2.28. The molecule has 0 aromatic carbocycles. The van der Waals surface area contributed by atoms with Crippen LogP contribution in [0.25, 0.3) is 0 Å². The zero-order chi connectivity index (χ0) is 30.4. The van der Waals surface area contributed by atoms with Gasteiger partial charge in [0.25, 0.3) is 0 Å². The molecule has 11 heteroatoms. The maximum atomic E-state index is 12.2. The van der Waals surface area contributed by atoms with Gasteiger partial charge in [0, 0.05) is 26.5 Å². The van der Waals surface area contributed by atoms with Crippen molar-refractivity contribution in [2.75, 3.05) is 33.2 Å². The van der Waals surface area contributed by atoms with E-state index in [9.17, 15) is 14.2 Å². The Kier molecular flexibility index (Phi) is 28.3. The predicted octanol–water partition coefficient (Wildman–Crippen LogP) is 6.96. The normalized spacial score (nSPS) is 12.4. The minimum absolute atomic E-state index is 0.0180. The molecule has 0 heterocycles. The van der Waals surface area contributed by atoms with Gasteiger partial charge in [-0.3, -0.25) is 14.1 Å². The van der Waals surface area contributed by atoms with Crippen molar-refractivity contribution in [3.05, 3.63) is 0 Å². The van der Waals surface area contributed by atoms with Crippen molar-refractivity contribution in [2.45, 2.75) is 148 Å². The second-order valence-electron chi connectivity index (χ2n) is 10.9. The predicted molar refractivity (Wildman–Crippen MR) is 161 cm³/mol. The largest absolute Gasteiger partial charge is 0.469 e. The number of ether oxygens (including phenoxy) is 3. The monoisotopic (exact) mass is 609 g/mol. The fraction of sp³-hybridized carbons (Fsp3) is 0.933. The summed E-state index contributed by atoms with van der Waals surface area (Å²) in [7, 11) is -4.68. The van der Waals surface area contributed by atoms with Crippen molar-refractivity contribution in [3.8, 4) is 0 Å². The Labute approximate surface area is 249 Å². The highest BCUT2D eigenvalue weighted by molar-refractivity contribution is 7.46. The molecule has 0 radical (unpaired) electrons. The van der Waals surface area contributed by atoms with Crippen LogP contribution in [-0.2, 0) is 32.9 Å². The van der Waals surface area contributed by atoms with E-state index in [1.54, 1.807) is 6.92 Å². The highest BCUT2D eigenvalue weighted by Crippen LogP contribution is 2.35. The quantitative estimate of drug-likeness (QED) is 0.0329. The molecule has 0 aliphatic carbocycles. The van der Waals surface area contributed by atoms with E-state index in [1.807, 2.05) is 0 Å². The van der Waals surface area contributed by atoms with Crippen molar-refractivity contribution >= 4 is 19.7 Å². The van der Waals surface area contributed by atoms with Crippen LogP contribution in [-0.4, -0.2) is 60.9 Å². The minimum Gasteiger partial charge on any atom is -0.457 e. The van der Waals surface area contributed by atoms with Gasteiger partial charge in [0.05, 0.1) is 13.2 Å². The summed E-state index contributed by atoms with van der Waals surface area (Å²) in [6, 6.07) is 0. The summed E-state index contributed by atoms with van der Waals surface area (Å²) in [6.45, 7) is 4.62. The number of nitrogens with one attached hydrogen (secondary N) is 1. The number of amides is 1. The zero-order valence-electron chi connectivity index (χ0n) is 26.0. The molecule has 0 aromatic heterocycles. The van der Waals surface area contributed by atoms with Gasteiger partial charge in [-0.2, -0.15) is 0 Å². The maximum Gasteiger partial charge on any atom is 0.469 e. The lowest BCUT2D eigenvalue weighted by molar-refractivity contribution is -0.158. The van der Waals surface area contributed by atoms with Crippen molar-refractivity contribution in [3.63, 3.8) is 0 Å². The van der Waals surface area contributed by atoms with Crippen LogP contribution in [0.1, 0.15) is 142 Å². The first kappa shape index (κ1) is 40.0. The average Bonchev–Trinajstić information content (AvgIpc) is 2.91. The van der Waals surface area contributed by atoms with E-state index in [1.165, 1.54) is 83.5 Å². The Balaban J connectivity index is 3.79. The van der Waals surface area contributed by atoms with E-state index in [0.29, 0.717) is 6.61 Å². The van der Waals surface area contributed by atoms with Gasteiger partial charge in [0.2, 0.25) is 5.91 Å². The molecule has 0 fully saturated rings. The summed E-state index contributed by atoms with van der Waals surface area (Å²) in [6.07, 6.45) is 21.2. The van der Waals surface area contributed by atoms with Crippen molar-refractivity contribution in [1.29, 1.82) is 0 Å². The molecular formula is C30H60NO9P. The van der Waals surface area contributed by atoms with Crippen LogP contribution in [0.4, 0.5) is 0 Å². The van der Waals surface area contributed by atoms with E-state index in [-0.39, 0.29) is 25.7 Å². The molecule has 0 aliphatic heterocycles. The van der Waals surface area contributed by atoms with E-state index >= 15 is 0 Å². The van der Waals surface area contributed by atoms with E-state index in [2.05, 4.69) is 16.8 Å². The molecule has 0 saturated heterocycles. The highest BCUT2D eigenvalue weighted by Gasteiger charge is 2.21.